The van der Waals surface area contributed by atoms with Crippen LogP contribution in [0.2, 0.25) is 0 Å². The fourth-order valence-corrected chi connectivity index (χ4v) is 1.67. The van der Waals surface area contributed by atoms with Gasteiger partial charge in [-0.15, -0.1) is 21.5 Å². The Bertz CT molecular complexity index is 344. The zero-order valence-corrected chi connectivity index (χ0v) is 7.59. The van der Waals surface area contributed by atoms with Crippen LogP contribution in [0, 0.1) is 0 Å². The van der Waals surface area contributed by atoms with E-state index in [2.05, 4.69) is 31.1 Å². The van der Waals surface area contributed by atoms with Gasteiger partial charge in [-0.05, 0) is 15.9 Å². The Kier molecular flexibility index (Phi) is 1.71. The van der Waals surface area contributed by atoms with Crippen LogP contribution in [0.25, 0.3) is 11.6 Å². The van der Waals surface area contributed by atoms with Crippen LogP contribution < -0.4 is 0 Å². The minimum atomic E-state index is 0.443. The molecular formula is C5H2BrN3OS. The summed E-state index contributed by atoms with van der Waals surface area (Å²) in [5, 5.41) is 7.26. The lowest BCUT2D eigenvalue weighted by Gasteiger charge is -1.84. The topological polar surface area (TPSA) is 51.8 Å². The average Bonchev–Trinajstić information content (AvgIpc) is 2.55. The molecule has 4 nitrogen and oxygen atoms in total. The number of hydrogen-bond acceptors (Lipinski definition) is 5. The Morgan fingerprint density at radius 3 is 3.00 bits per heavy atom. The summed E-state index contributed by atoms with van der Waals surface area (Å²) in [5.74, 6) is 0.443. The summed E-state index contributed by atoms with van der Waals surface area (Å²) in [4.78, 5) is 4.03. The summed E-state index contributed by atoms with van der Waals surface area (Å²) in [6.45, 7) is 0. The van der Waals surface area contributed by atoms with Crippen molar-refractivity contribution in [2.24, 2.45) is 0 Å². The minimum Gasteiger partial charge on any atom is -0.422 e. The lowest BCUT2D eigenvalue weighted by atomic mass is 10.5. The van der Waals surface area contributed by atoms with E-state index in [0.717, 1.165) is 3.79 Å². The summed E-state index contributed by atoms with van der Waals surface area (Å²) in [7, 11) is 0. The minimum absolute atomic E-state index is 0.443. The van der Waals surface area contributed by atoms with Crippen molar-refractivity contribution in [2.45, 2.75) is 0 Å². The van der Waals surface area contributed by atoms with E-state index < -0.39 is 0 Å². The van der Waals surface area contributed by atoms with Gasteiger partial charge < -0.3 is 4.42 Å². The third kappa shape index (κ3) is 1.19. The molecule has 2 heterocycles. The second-order valence-corrected chi connectivity index (χ2v) is 3.89. The maximum absolute atomic E-state index is 4.95. The molecule has 2 rings (SSSR count). The standard InChI is InChI=1S/C5H2BrN3OS/c6-4-3(7-2-11-4)5-9-8-1-10-5/h1-2H. The predicted molar refractivity (Wildman–Crippen MR) is 43.1 cm³/mol. The van der Waals surface area contributed by atoms with Gasteiger partial charge in [0.25, 0.3) is 5.89 Å². The highest BCUT2D eigenvalue weighted by atomic mass is 79.9. The van der Waals surface area contributed by atoms with E-state index in [0.29, 0.717) is 11.6 Å². The zero-order valence-electron chi connectivity index (χ0n) is 5.19. The molecule has 0 saturated heterocycles. The maximum Gasteiger partial charge on any atom is 0.268 e. The van der Waals surface area contributed by atoms with Gasteiger partial charge in [0, 0.05) is 0 Å². The van der Waals surface area contributed by atoms with E-state index in [9.17, 15) is 0 Å². The highest BCUT2D eigenvalue weighted by Crippen LogP contribution is 2.28. The molecule has 0 aliphatic heterocycles. The first-order valence-corrected chi connectivity index (χ1v) is 4.40. The van der Waals surface area contributed by atoms with Crippen molar-refractivity contribution in [3.8, 4) is 11.6 Å². The van der Waals surface area contributed by atoms with Crippen LogP contribution >= 0.6 is 27.3 Å². The van der Waals surface area contributed by atoms with Gasteiger partial charge in [0.1, 0.15) is 3.79 Å². The van der Waals surface area contributed by atoms with Crippen molar-refractivity contribution in [3.05, 3.63) is 15.7 Å². The molecule has 11 heavy (non-hydrogen) atoms. The number of thiazole rings is 1. The van der Waals surface area contributed by atoms with Crippen molar-refractivity contribution in [1.29, 1.82) is 0 Å². The molecule has 2 aromatic heterocycles. The third-order valence-corrected chi connectivity index (χ3v) is 2.63. The van der Waals surface area contributed by atoms with Crippen LogP contribution in [0.3, 0.4) is 0 Å². The molecule has 0 fully saturated rings. The SMILES string of the molecule is Brc1scnc1-c1nnco1. The van der Waals surface area contributed by atoms with Gasteiger partial charge in [-0.1, -0.05) is 0 Å². The highest BCUT2D eigenvalue weighted by molar-refractivity contribution is 9.11. The monoisotopic (exact) mass is 231 g/mol. The first-order chi connectivity index (χ1) is 5.38. The smallest absolute Gasteiger partial charge is 0.268 e. The third-order valence-electron chi connectivity index (χ3n) is 1.09. The molecule has 0 aliphatic carbocycles. The van der Waals surface area contributed by atoms with Gasteiger partial charge in [0.15, 0.2) is 5.69 Å². The lowest BCUT2D eigenvalue weighted by molar-refractivity contribution is 0.566. The van der Waals surface area contributed by atoms with Crippen molar-refractivity contribution in [1.82, 2.24) is 15.2 Å². The van der Waals surface area contributed by atoms with E-state index in [-0.39, 0.29) is 0 Å². The van der Waals surface area contributed by atoms with Crippen molar-refractivity contribution < 1.29 is 4.42 Å². The number of rotatable bonds is 1. The molecule has 0 radical (unpaired) electrons. The summed E-state index contributed by atoms with van der Waals surface area (Å²) >= 11 is 4.80. The number of aromatic nitrogens is 3. The van der Waals surface area contributed by atoms with E-state index in [4.69, 9.17) is 4.42 Å². The molecular weight excluding hydrogens is 230 g/mol. The summed E-state index contributed by atoms with van der Waals surface area (Å²) in [5.41, 5.74) is 2.41. The fraction of sp³-hybridized carbons (Fsp3) is 0. The molecule has 56 valence electrons. The van der Waals surface area contributed by atoms with Gasteiger partial charge in [-0.3, -0.25) is 0 Å². The average molecular weight is 232 g/mol. The molecule has 0 atom stereocenters. The molecule has 0 N–H and O–H groups in total. The van der Waals surface area contributed by atoms with Gasteiger partial charge in [0.05, 0.1) is 5.51 Å². The van der Waals surface area contributed by atoms with Gasteiger partial charge in [-0.25, -0.2) is 4.98 Å². The molecule has 0 amide bonds. The normalized spacial score (nSPS) is 10.3. The molecule has 0 aliphatic rings. The molecule has 0 unspecified atom stereocenters. The first-order valence-electron chi connectivity index (χ1n) is 2.73. The summed E-state index contributed by atoms with van der Waals surface area (Å²) in [6.07, 6.45) is 1.28. The van der Waals surface area contributed by atoms with Crippen molar-refractivity contribution >= 4 is 27.3 Å². The second kappa shape index (κ2) is 2.71. The Morgan fingerprint density at radius 2 is 2.45 bits per heavy atom. The largest absolute Gasteiger partial charge is 0.422 e. The van der Waals surface area contributed by atoms with Crippen molar-refractivity contribution in [2.75, 3.05) is 0 Å². The van der Waals surface area contributed by atoms with Crippen LogP contribution in [-0.2, 0) is 0 Å². The van der Waals surface area contributed by atoms with Gasteiger partial charge in [-0.2, -0.15) is 0 Å². The Balaban J connectivity index is 2.53. The second-order valence-electron chi connectivity index (χ2n) is 1.72. The Hall–Kier alpha value is -0.750. The fourth-order valence-electron chi connectivity index (χ4n) is 0.647. The maximum atomic E-state index is 4.95. The zero-order chi connectivity index (χ0) is 7.68. The predicted octanol–water partition coefficient (Wildman–Crippen LogP) is 1.96. The molecule has 2 aromatic rings. The molecule has 6 heteroatoms. The van der Waals surface area contributed by atoms with Crippen LogP contribution in [0.1, 0.15) is 0 Å². The van der Waals surface area contributed by atoms with Gasteiger partial charge >= 0.3 is 0 Å². The molecule has 0 saturated carbocycles. The van der Waals surface area contributed by atoms with Crippen LogP contribution in [0.5, 0.6) is 0 Å². The summed E-state index contributed by atoms with van der Waals surface area (Å²) in [6, 6.07) is 0. The van der Waals surface area contributed by atoms with Gasteiger partial charge in [0.2, 0.25) is 6.39 Å². The first kappa shape index (κ1) is 6.93. The number of nitrogens with zero attached hydrogens (tertiary/aromatic N) is 3. The summed E-state index contributed by atoms with van der Waals surface area (Å²) < 4.78 is 5.86. The molecule has 0 spiro atoms. The van der Waals surface area contributed by atoms with E-state index in [1.54, 1.807) is 5.51 Å². The Labute approximate surface area is 74.4 Å². The van der Waals surface area contributed by atoms with Crippen molar-refractivity contribution in [3.63, 3.8) is 0 Å². The Morgan fingerprint density at radius 1 is 1.55 bits per heavy atom. The quantitative estimate of drug-likeness (QED) is 0.753. The number of halogens is 1. The van der Waals surface area contributed by atoms with E-state index in [1.165, 1.54) is 17.7 Å². The van der Waals surface area contributed by atoms with E-state index >= 15 is 0 Å². The van der Waals surface area contributed by atoms with Crippen LogP contribution in [0.4, 0.5) is 0 Å². The molecule has 0 bridgehead atoms. The highest BCUT2D eigenvalue weighted by Gasteiger charge is 2.10. The van der Waals surface area contributed by atoms with E-state index in [1.807, 2.05) is 0 Å². The number of hydrogen-bond donors (Lipinski definition) is 0. The lowest BCUT2D eigenvalue weighted by Crippen LogP contribution is -1.77. The molecule has 0 aromatic carbocycles. The van der Waals surface area contributed by atoms with Crippen LogP contribution in [0.15, 0.2) is 20.1 Å². The van der Waals surface area contributed by atoms with Crippen LogP contribution in [-0.4, -0.2) is 15.2 Å².